The number of rotatable bonds is 6. The molecular weight excluding hydrogens is 222 g/mol. The van der Waals surface area contributed by atoms with Crippen LogP contribution in [0.3, 0.4) is 0 Å². The molecule has 0 unspecified atom stereocenters. The van der Waals surface area contributed by atoms with Crippen LogP contribution in [0.15, 0.2) is 6.20 Å². The molecule has 1 N–H and O–H groups in total. The lowest BCUT2D eigenvalue weighted by molar-refractivity contribution is 0.0618. The molecule has 0 saturated heterocycles. The molecule has 6 heteroatoms. The maximum atomic E-state index is 12.0. The highest BCUT2D eigenvalue weighted by molar-refractivity contribution is 5.94. The number of amides is 1. The molecule has 1 rings (SSSR count). The molecule has 6 nitrogen and oxygen atoms in total. The van der Waals surface area contributed by atoms with E-state index < -0.39 is 0 Å². The zero-order valence-electron chi connectivity index (χ0n) is 10.5. The molecule has 0 aromatic carbocycles. The van der Waals surface area contributed by atoms with Gasteiger partial charge in [-0.3, -0.25) is 9.48 Å². The van der Waals surface area contributed by atoms with Crippen molar-refractivity contribution in [2.75, 3.05) is 33.4 Å². The summed E-state index contributed by atoms with van der Waals surface area (Å²) in [5.41, 5.74) is 1.45. The Hall–Kier alpha value is -1.40. The van der Waals surface area contributed by atoms with E-state index in [1.807, 2.05) is 6.92 Å². The second-order valence-electron chi connectivity index (χ2n) is 3.83. The average Bonchev–Trinajstić information content (AvgIpc) is 2.64. The van der Waals surface area contributed by atoms with Crippen molar-refractivity contribution in [3.8, 4) is 0 Å². The van der Waals surface area contributed by atoms with Crippen molar-refractivity contribution >= 4 is 5.91 Å². The van der Waals surface area contributed by atoms with Crippen molar-refractivity contribution in [1.29, 1.82) is 0 Å². The van der Waals surface area contributed by atoms with Gasteiger partial charge in [0.05, 0.1) is 31.6 Å². The van der Waals surface area contributed by atoms with Crippen LogP contribution in [0.1, 0.15) is 16.1 Å². The summed E-state index contributed by atoms with van der Waals surface area (Å²) >= 11 is 0. The van der Waals surface area contributed by atoms with Gasteiger partial charge in [0.15, 0.2) is 0 Å². The molecular formula is C11H19N3O3. The summed E-state index contributed by atoms with van der Waals surface area (Å²) in [5.74, 6) is -0.0665. The van der Waals surface area contributed by atoms with Gasteiger partial charge in [-0.1, -0.05) is 0 Å². The third-order valence-electron chi connectivity index (χ3n) is 2.62. The Morgan fingerprint density at radius 1 is 1.59 bits per heavy atom. The fourth-order valence-electron chi connectivity index (χ4n) is 1.38. The molecule has 1 heterocycles. The summed E-state index contributed by atoms with van der Waals surface area (Å²) in [4.78, 5) is 13.6. The minimum absolute atomic E-state index is 0.000621. The number of likely N-dealkylation sites (N-methyl/N-ethyl adjacent to an activating group) is 1. The maximum absolute atomic E-state index is 12.0. The first-order valence-electron chi connectivity index (χ1n) is 5.50. The van der Waals surface area contributed by atoms with E-state index in [-0.39, 0.29) is 12.5 Å². The summed E-state index contributed by atoms with van der Waals surface area (Å²) in [6.07, 6.45) is 1.57. The van der Waals surface area contributed by atoms with E-state index in [0.29, 0.717) is 25.3 Å². The van der Waals surface area contributed by atoms with Crippen LogP contribution in [-0.4, -0.2) is 59.1 Å². The zero-order valence-corrected chi connectivity index (χ0v) is 10.5. The van der Waals surface area contributed by atoms with Crippen LogP contribution >= 0.6 is 0 Å². The van der Waals surface area contributed by atoms with Gasteiger partial charge in [-0.15, -0.1) is 0 Å². The number of hydrogen-bond acceptors (Lipinski definition) is 4. The number of aliphatic hydroxyl groups excluding tert-OH is 1. The second kappa shape index (κ2) is 6.36. The third kappa shape index (κ3) is 3.54. The first kappa shape index (κ1) is 13.7. The second-order valence-corrected chi connectivity index (χ2v) is 3.83. The molecule has 0 aliphatic carbocycles. The minimum atomic E-state index is -0.0665. The quantitative estimate of drug-likeness (QED) is 0.701. The first-order valence-corrected chi connectivity index (χ1v) is 5.50. The van der Waals surface area contributed by atoms with Crippen LogP contribution in [0.2, 0.25) is 0 Å². The van der Waals surface area contributed by atoms with E-state index >= 15 is 0 Å². The Balaban J connectivity index is 2.49. The monoisotopic (exact) mass is 241 g/mol. The third-order valence-corrected chi connectivity index (χ3v) is 2.62. The largest absolute Gasteiger partial charge is 0.394 e. The number of carbonyl (C=O) groups is 1. The van der Waals surface area contributed by atoms with E-state index in [2.05, 4.69) is 5.10 Å². The lowest BCUT2D eigenvalue weighted by Crippen LogP contribution is -2.30. The van der Waals surface area contributed by atoms with Gasteiger partial charge in [0.25, 0.3) is 5.91 Å². The van der Waals surface area contributed by atoms with Gasteiger partial charge in [0, 0.05) is 26.3 Å². The Bertz CT molecular complexity index is 376. The van der Waals surface area contributed by atoms with Crippen LogP contribution in [0.4, 0.5) is 0 Å². The minimum Gasteiger partial charge on any atom is -0.394 e. The van der Waals surface area contributed by atoms with Crippen LogP contribution in [0, 0.1) is 6.92 Å². The normalized spacial score (nSPS) is 10.6. The topological polar surface area (TPSA) is 67.6 Å². The molecule has 0 spiro atoms. The molecule has 1 aromatic heterocycles. The molecule has 1 aromatic rings. The molecule has 1 amide bonds. The van der Waals surface area contributed by atoms with Crippen LogP contribution in [0.25, 0.3) is 0 Å². The van der Waals surface area contributed by atoms with Gasteiger partial charge in [0.2, 0.25) is 0 Å². The predicted octanol–water partition coefficient (Wildman–Crippen LogP) is -0.191. The van der Waals surface area contributed by atoms with Crippen molar-refractivity contribution in [2.45, 2.75) is 6.92 Å². The summed E-state index contributed by atoms with van der Waals surface area (Å²) in [6.45, 7) is 3.07. The maximum Gasteiger partial charge on any atom is 0.257 e. The number of hydrogen-bond donors (Lipinski definition) is 1. The van der Waals surface area contributed by atoms with Crippen molar-refractivity contribution in [1.82, 2.24) is 14.7 Å². The molecule has 0 atom stereocenters. The first-order chi connectivity index (χ1) is 8.07. The molecule has 0 aliphatic heterocycles. The standard InChI is InChI=1S/C11H19N3O3/c1-9-10(8-12-14(9)3)11(16)13(2)4-6-17-7-5-15/h8,15H,4-7H2,1-3H3. The molecule has 0 bridgehead atoms. The number of aryl methyl sites for hydroxylation is 1. The van der Waals surface area contributed by atoms with E-state index in [0.717, 1.165) is 5.69 Å². The molecule has 96 valence electrons. The lowest BCUT2D eigenvalue weighted by atomic mass is 10.2. The SMILES string of the molecule is Cc1c(C(=O)N(C)CCOCCO)cnn1C. The smallest absolute Gasteiger partial charge is 0.257 e. The Morgan fingerprint density at radius 3 is 2.82 bits per heavy atom. The summed E-state index contributed by atoms with van der Waals surface area (Å²) in [6, 6.07) is 0. The Kier molecular flexibility index (Phi) is 5.11. The van der Waals surface area contributed by atoms with E-state index in [1.165, 1.54) is 0 Å². The highest BCUT2D eigenvalue weighted by atomic mass is 16.5. The number of aromatic nitrogens is 2. The highest BCUT2D eigenvalue weighted by Crippen LogP contribution is 2.08. The molecule has 0 radical (unpaired) electrons. The van der Waals surface area contributed by atoms with Crippen molar-refractivity contribution < 1.29 is 14.6 Å². The van der Waals surface area contributed by atoms with Gasteiger partial charge in [-0.2, -0.15) is 5.10 Å². The van der Waals surface area contributed by atoms with Crippen molar-refractivity contribution in [3.05, 3.63) is 17.5 Å². The van der Waals surface area contributed by atoms with Crippen LogP contribution in [0.5, 0.6) is 0 Å². The number of ether oxygens (including phenoxy) is 1. The number of nitrogens with zero attached hydrogens (tertiary/aromatic N) is 3. The summed E-state index contributed by atoms with van der Waals surface area (Å²) in [7, 11) is 3.52. The average molecular weight is 241 g/mol. The Morgan fingerprint density at radius 2 is 2.29 bits per heavy atom. The van der Waals surface area contributed by atoms with Crippen molar-refractivity contribution in [3.63, 3.8) is 0 Å². The highest BCUT2D eigenvalue weighted by Gasteiger charge is 2.16. The van der Waals surface area contributed by atoms with Gasteiger partial charge in [-0.25, -0.2) is 0 Å². The van der Waals surface area contributed by atoms with Gasteiger partial charge < -0.3 is 14.7 Å². The summed E-state index contributed by atoms with van der Waals surface area (Å²) in [5, 5.41) is 12.6. The van der Waals surface area contributed by atoms with E-state index in [1.54, 1.807) is 29.9 Å². The molecule has 17 heavy (non-hydrogen) atoms. The van der Waals surface area contributed by atoms with Crippen LogP contribution < -0.4 is 0 Å². The number of aliphatic hydroxyl groups is 1. The molecule has 0 fully saturated rings. The van der Waals surface area contributed by atoms with E-state index in [4.69, 9.17) is 9.84 Å². The van der Waals surface area contributed by atoms with E-state index in [9.17, 15) is 4.79 Å². The summed E-state index contributed by atoms with van der Waals surface area (Å²) < 4.78 is 6.78. The Labute approximate surface area is 101 Å². The van der Waals surface area contributed by atoms with Gasteiger partial charge >= 0.3 is 0 Å². The predicted molar refractivity (Wildman–Crippen MR) is 62.8 cm³/mol. The zero-order chi connectivity index (χ0) is 12.8. The fourth-order valence-corrected chi connectivity index (χ4v) is 1.38. The number of carbonyl (C=O) groups excluding carboxylic acids is 1. The lowest BCUT2D eigenvalue weighted by Gasteiger charge is -2.16. The van der Waals surface area contributed by atoms with Gasteiger partial charge in [0.1, 0.15) is 0 Å². The van der Waals surface area contributed by atoms with Crippen molar-refractivity contribution in [2.24, 2.45) is 7.05 Å². The van der Waals surface area contributed by atoms with Gasteiger partial charge in [-0.05, 0) is 6.92 Å². The molecule has 0 aliphatic rings. The fraction of sp³-hybridized carbons (Fsp3) is 0.636. The molecule has 0 saturated carbocycles. The van der Waals surface area contributed by atoms with Crippen LogP contribution in [-0.2, 0) is 11.8 Å².